The number of rotatable bonds is 4. The molecular formula is C17H11N7O2. The number of pyridine rings is 1. The zero-order valence-electron chi connectivity index (χ0n) is 13.3. The highest BCUT2D eigenvalue weighted by molar-refractivity contribution is 5.85. The first-order valence-corrected chi connectivity index (χ1v) is 7.57. The third-order valence-corrected chi connectivity index (χ3v) is 3.48. The average molecular weight is 345 g/mol. The lowest BCUT2D eigenvalue weighted by molar-refractivity contribution is 0.0690. The molecule has 4 heterocycles. The lowest BCUT2D eigenvalue weighted by Crippen LogP contribution is -2.05. The van der Waals surface area contributed by atoms with E-state index in [1.54, 1.807) is 30.9 Å². The van der Waals surface area contributed by atoms with Crippen molar-refractivity contribution in [3.8, 4) is 28.7 Å². The Kier molecular flexibility index (Phi) is 3.86. The summed E-state index contributed by atoms with van der Waals surface area (Å²) in [6, 6.07) is 8.55. The fourth-order valence-electron chi connectivity index (χ4n) is 2.29. The molecule has 0 aliphatic rings. The number of hydrogen-bond acceptors (Lipinski definition) is 7. The second-order valence-electron chi connectivity index (χ2n) is 5.19. The van der Waals surface area contributed by atoms with Gasteiger partial charge in [-0.1, -0.05) is 6.07 Å². The van der Waals surface area contributed by atoms with E-state index in [1.165, 1.54) is 16.9 Å². The SMILES string of the molecule is O=C(O)c1ccn(-c2cc(-c3ccccn3)nc(-c3cnccn3)n2)n1. The predicted octanol–water partition coefficient (Wildman–Crippen LogP) is 1.88. The van der Waals surface area contributed by atoms with Crippen LogP contribution in [0.5, 0.6) is 0 Å². The molecule has 0 fully saturated rings. The third kappa shape index (κ3) is 3.00. The number of nitrogens with zero attached hydrogens (tertiary/aromatic N) is 7. The van der Waals surface area contributed by atoms with Crippen molar-refractivity contribution in [3.05, 3.63) is 67.0 Å². The Hall–Kier alpha value is -4.01. The number of aromatic carboxylic acids is 1. The van der Waals surface area contributed by atoms with E-state index in [0.717, 1.165) is 0 Å². The van der Waals surface area contributed by atoms with E-state index < -0.39 is 5.97 Å². The molecule has 0 aliphatic carbocycles. The summed E-state index contributed by atoms with van der Waals surface area (Å²) in [6.07, 6.45) is 7.83. The molecule has 9 heteroatoms. The van der Waals surface area contributed by atoms with Crippen LogP contribution in [0.2, 0.25) is 0 Å². The minimum absolute atomic E-state index is 0.0796. The van der Waals surface area contributed by atoms with Gasteiger partial charge in [-0.15, -0.1) is 0 Å². The number of carboxylic acid groups (broad SMARTS) is 1. The Morgan fingerprint density at radius 3 is 2.54 bits per heavy atom. The van der Waals surface area contributed by atoms with Gasteiger partial charge in [0.15, 0.2) is 17.3 Å². The molecule has 9 nitrogen and oxygen atoms in total. The van der Waals surface area contributed by atoms with Gasteiger partial charge >= 0.3 is 5.97 Å². The fraction of sp³-hybridized carbons (Fsp3) is 0. The Labute approximate surface area is 147 Å². The molecule has 4 aromatic heterocycles. The Morgan fingerprint density at radius 1 is 0.962 bits per heavy atom. The van der Waals surface area contributed by atoms with E-state index >= 15 is 0 Å². The Morgan fingerprint density at radius 2 is 1.85 bits per heavy atom. The van der Waals surface area contributed by atoms with Crippen LogP contribution in [0.1, 0.15) is 10.5 Å². The first-order valence-electron chi connectivity index (χ1n) is 7.57. The van der Waals surface area contributed by atoms with Crippen LogP contribution in [0, 0.1) is 0 Å². The maximum atomic E-state index is 11.1. The van der Waals surface area contributed by atoms with Gasteiger partial charge in [-0.2, -0.15) is 5.10 Å². The van der Waals surface area contributed by atoms with Gasteiger partial charge in [0.05, 0.1) is 17.6 Å². The highest BCUT2D eigenvalue weighted by Crippen LogP contribution is 2.21. The van der Waals surface area contributed by atoms with Crippen LogP contribution in [-0.4, -0.2) is 45.8 Å². The maximum Gasteiger partial charge on any atom is 0.356 e. The van der Waals surface area contributed by atoms with Crippen LogP contribution in [0.3, 0.4) is 0 Å². The standard InChI is InChI=1S/C17H11N7O2/c25-17(26)12-4-8-24(23-12)15-9-13(11-3-1-2-5-19-11)21-16(22-15)14-10-18-6-7-20-14/h1-10H,(H,25,26). The van der Waals surface area contributed by atoms with E-state index in [2.05, 4.69) is 30.0 Å². The second kappa shape index (κ2) is 6.48. The van der Waals surface area contributed by atoms with Gasteiger partial charge in [-0.3, -0.25) is 9.97 Å². The summed E-state index contributed by atoms with van der Waals surface area (Å²) in [5, 5.41) is 13.1. The van der Waals surface area contributed by atoms with Gasteiger partial charge in [-0.05, 0) is 18.2 Å². The minimum atomic E-state index is -1.11. The van der Waals surface area contributed by atoms with E-state index in [-0.39, 0.29) is 5.69 Å². The third-order valence-electron chi connectivity index (χ3n) is 3.48. The zero-order valence-corrected chi connectivity index (χ0v) is 13.3. The summed E-state index contributed by atoms with van der Waals surface area (Å²) in [7, 11) is 0. The molecule has 26 heavy (non-hydrogen) atoms. The molecule has 0 aromatic carbocycles. The number of aromatic nitrogens is 7. The van der Waals surface area contributed by atoms with Crippen molar-refractivity contribution in [2.45, 2.75) is 0 Å². The molecular weight excluding hydrogens is 334 g/mol. The van der Waals surface area contributed by atoms with Crippen LogP contribution in [0.4, 0.5) is 0 Å². The minimum Gasteiger partial charge on any atom is -0.476 e. The molecule has 0 aliphatic heterocycles. The normalized spacial score (nSPS) is 10.6. The maximum absolute atomic E-state index is 11.1. The average Bonchev–Trinajstić information content (AvgIpc) is 3.20. The quantitative estimate of drug-likeness (QED) is 0.595. The van der Waals surface area contributed by atoms with Crippen molar-refractivity contribution in [1.82, 2.24) is 34.7 Å². The Balaban J connectivity index is 1.89. The largest absolute Gasteiger partial charge is 0.476 e. The van der Waals surface area contributed by atoms with Crippen molar-refractivity contribution in [2.75, 3.05) is 0 Å². The van der Waals surface area contributed by atoms with Crippen LogP contribution in [-0.2, 0) is 0 Å². The van der Waals surface area contributed by atoms with Crippen molar-refractivity contribution in [3.63, 3.8) is 0 Å². The molecule has 0 unspecified atom stereocenters. The van der Waals surface area contributed by atoms with Gasteiger partial charge in [0, 0.05) is 30.9 Å². The topological polar surface area (TPSA) is 120 Å². The summed E-state index contributed by atoms with van der Waals surface area (Å²) < 4.78 is 1.37. The summed E-state index contributed by atoms with van der Waals surface area (Å²) in [5.41, 5.74) is 1.61. The van der Waals surface area contributed by atoms with Gasteiger partial charge in [0.2, 0.25) is 0 Å². The highest BCUT2D eigenvalue weighted by Gasteiger charge is 2.14. The lowest BCUT2D eigenvalue weighted by Gasteiger charge is -2.07. The van der Waals surface area contributed by atoms with Gasteiger partial charge in [0.1, 0.15) is 5.69 Å². The molecule has 126 valence electrons. The van der Waals surface area contributed by atoms with Crippen molar-refractivity contribution >= 4 is 5.97 Å². The van der Waals surface area contributed by atoms with Gasteiger partial charge in [0.25, 0.3) is 0 Å². The summed E-state index contributed by atoms with van der Waals surface area (Å²) in [6.45, 7) is 0. The second-order valence-corrected chi connectivity index (χ2v) is 5.19. The number of hydrogen-bond donors (Lipinski definition) is 1. The number of carbonyl (C=O) groups is 1. The molecule has 1 N–H and O–H groups in total. The predicted molar refractivity (Wildman–Crippen MR) is 90.4 cm³/mol. The van der Waals surface area contributed by atoms with Gasteiger partial charge < -0.3 is 5.11 Å². The monoisotopic (exact) mass is 345 g/mol. The van der Waals surface area contributed by atoms with Crippen molar-refractivity contribution in [1.29, 1.82) is 0 Å². The van der Waals surface area contributed by atoms with Crippen LogP contribution in [0.15, 0.2) is 61.3 Å². The molecule has 4 aromatic rings. The van der Waals surface area contributed by atoms with Gasteiger partial charge in [-0.25, -0.2) is 24.4 Å². The van der Waals surface area contributed by atoms with Crippen LogP contribution in [0.25, 0.3) is 28.7 Å². The molecule has 0 bridgehead atoms. The van der Waals surface area contributed by atoms with Crippen LogP contribution < -0.4 is 0 Å². The summed E-state index contributed by atoms with van der Waals surface area (Å²) in [4.78, 5) is 32.6. The molecule has 4 rings (SSSR count). The van der Waals surface area contributed by atoms with E-state index in [1.807, 2.05) is 18.2 Å². The Bertz CT molecular complexity index is 1010. The first-order chi connectivity index (χ1) is 12.7. The van der Waals surface area contributed by atoms with E-state index in [4.69, 9.17) is 5.11 Å². The first kappa shape index (κ1) is 15.5. The molecule has 0 atom stereocenters. The zero-order chi connectivity index (χ0) is 17.9. The molecule has 0 amide bonds. The smallest absolute Gasteiger partial charge is 0.356 e. The molecule has 0 saturated carbocycles. The van der Waals surface area contributed by atoms with E-state index in [9.17, 15) is 4.79 Å². The summed E-state index contributed by atoms with van der Waals surface area (Å²) in [5.74, 6) is -0.380. The fourth-order valence-corrected chi connectivity index (χ4v) is 2.29. The highest BCUT2D eigenvalue weighted by atomic mass is 16.4. The van der Waals surface area contributed by atoms with Crippen molar-refractivity contribution < 1.29 is 9.90 Å². The number of carboxylic acids is 1. The summed E-state index contributed by atoms with van der Waals surface area (Å²) >= 11 is 0. The molecule has 0 saturated heterocycles. The van der Waals surface area contributed by atoms with E-state index in [0.29, 0.717) is 28.7 Å². The lowest BCUT2D eigenvalue weighted by atomic mass is 10.2. The van der Waals surface area contributed by atoms with Crippen molar-refractivity contribution in [2.24, 2.45) is 0 Å². The van der Waals surface area contributed by atoms with Crippen LogP contribution >= 0.6 is 0 Å². The molecule has 0 radical (unpaired) electrons. The molecule has 0 spiro atoms.